The minimum absolute atomic E-state index is 0.0977. The lowest BCUT2D eigenvalue weighted by Gasteiger charge is -2.27. The second-order valence-electron chi connectivity index (χ2n) is 4.00. The van der Waals surface area contributed by atoms with Crippen molar-refractivity contribution in [3.05, 3.63) is 42.0 Å². The number of ether oxygens (including phenoxy) is 1. The monoisotopic (exact) mass is 231 g/mol. The van der Waals surface area contributed by atoms with Gasteiger partial charge in [0, 0.05) is 12.0 Å². The molecule has 5 nitrogen and oxygen atoms in total. The first-order valence-electron chi connectivity index (χ1n) is 5.61. The Bertz CT molecular complexity index is 524. The van der Waals surface area contributed by atoms with Gasteiger partial charge in [-0.2, -0.15) is 0 Å². The number of hydrogen-bond donors (Lipinski definition) is 1. The molecule has 88 valence electrons. The predicted molar refractivity (Wildman–Crippen MR) is 60.6 cm³/mol. The molecule has 2 heterocycles. The molecule has 17 heavy (non-hydrogen) atoms. The van der Waals surface area contributed by atoms with Crippen molar-refractivity contribution in [2.75, 3.05) is 6.61 Å². The zero-order chi connectivity index (χ0) is 11.7. The summed E-state index contributed by atoms with van der Waals surface area (Å²) in [4.78, 5) is 0. The largest absolute Gasteiger partial charge is 0.493 e. The van der Waals surface area contributed by atoms with E-state index in [4.69, 9.17) is 4.74 Å². The summed E-state index contributed by atoms with van der Waals surface area (Å²) in [6, 6.07) is 8.10. The van der Waals surface area contributed by atoms with Gasteiger partial charge in [0.1, 0.15) is 18.7 Å². The van der Waals surface area contributed by atoms with Crippen molar-refractivity contribution in [2.45, 2.75) is 19.1 Å². The van der Waals surface area contributed by atoms with E-state index >= 15 is 0 Å². The molecule has 0 fully saturated rings. The third kappa shape index (κ3) is 1.68. The Morgan fingerprint density at radius 1 is 1.41 bits per heavy atom. The molecule has 1 aromatic heterocycles. The lowest BCUT2D eigenvalue weighted by Crippen LogP contribution is -2.21. The molecule has 1 atom stereocenters. The van der Waals surface area contributed by atoms with Crippen LogP contribution in [0.4, 0.5) is 0 Å². The number of aliphatic hydroxyl groups is 1. The minimum atomic E-state index is -0.0977. The van der Waals surface area contributed by atoms with Crippen molar-refractivity contribution in [2.24, 2.45) is 0 Å². The van der Waals surface area contributed by atoms with E-state index in [1.165, 1.54) is 0 Å². The van der Waals surface area contributed by atoms with Gasteiger partial charge in [0.05, 0.1) is 12.6 Å². The standard InChI is InChI=1S/C12H13N3O2/c16-7-12-14-13-8-15(12)10-5-6-17-11-4-2-1-3-9(10)11/h1-4,8,10,16H,5-7H2. The Labute approximate surface area is 98.7 Å². The van der Waals surface area contributed by atoms with E-state index in [0.717, 1.165) is 17.7 Å². The van der Waals surface area contributed by atoms with Gasteiger partial charge in [0.2, 0.25) is 0 Å². The van der Waals surface area contributed by atoms with Crippen LogP contribution in [0.1, 0.15) is 23.9 Å². The van der Waals surface area contributed by atoms with Crippen LogP contribution in [0.15, 0.2) is 30.6 Å². The zero-order valence-electron chi connectivity index (χ0n) is 9.28. The van der Waals surface area contributed by atoms with E-state index in [2.05, 4.69) is 10.2 Å². The van der Waals surface area contributed by atoms with Crippen LogP contribution in [0.5, 0.6) is 5.75 Å². The van der Waals surface area contributed by atoms with Crippen LogP contribution >= 0.6 is 0 Å². The van der Waals surface area contributed by atoms with Gasteiger partial charge in [0.25, 0.3) is 0 Å². The van der Waals surface area contributed by atoms with Crippen molar-refractivity contribution in [1.82, 2.24) is 14.8 Å². The van der Waals surface area contributed by atoms with Crippen LogP contribution in [0.3, 0.4) is 0 Å². The quantitative estimate of drug-likeness (QED) is 0.842. The van der Waals surface area contributed by atoms with Crippen LogP contribution in [0.25, 0.3) is 0 Å². The summed E-state index contributed by atoms with van der Waals surface area (Å²) >= 11 is 0. The Morgan fingerprint density at radius 3 is 3.18 bits per heavy atom. The number of hydrogen-bond acceptors (Lipinski definition) is 4. The van der Waals surface area contributed by atoms with Gasteiger partial charge in [-0.05, 0) is 6.07 Å². The van der Waals surface area contributed by atoms with E-state index in [-0.39, 0.29) is 12.6 Å². The molecule has 0 aliphatic carbocycles. The number of benzene rings is 1. The Hall–Kier alpha value is -1.88. The topological polar surface area (TPSA) is 60.2 Å². The molecule has 1 aliphatic rings. The third-order valence-corrected chi connectivity index (χ3v) is 3.05. The molecular formula is C12H13N3O2. The highest BCUT2D eigenvalue weighted by molar-refractivity contribution is 5.38. The Balaban J connectivity index is 2.06. The normalized spacial score (nSPS) is 18.5. The first-order valence-corrected chi connectivity index (χ1v) is 5.61. The van der Waals surface area contributed by atoms with Crippen LogP contribution in [0.2, 0.25) is 0 Å². The molecule has 1 unspecified atom stereocenters. The van der Waals surface area contributed by atoms with Crippen molar-refractivity contribution < 1.29 is 9.84 Å². The molecule has 1 aromatic carbocycles. The molecule has 0 saturated carbocycles. The molecule has 5 heteroatoms. The summed E-state index contributed by atoms with van der Waals surface area (Å²) in [6.45, 7) is 0.574. The van der Waals surface area contributed by atoms with Crippen LogP contribution in [-0.4, -0.2) is 26.5 Å². The minimum Gasteiger partial charge on any atom is -0.493 e. The van der Waals surface area contributed by atoms with E-state index in [9.17, 15) is 5.11 Å². The summed E-state index contributed by atoms with van der Waals surface area (Å²) in [6.07, 6.45) is 2.53. The van der Waals surface area contributed by atoms with Gasteiger partial charge in [-0.1, -0.05) is 18.2 Å². The Morgan fingerprint density at radius 2 is 2.29 bits per heavy atom. The number of para-hydroxylation sites is 1. The number of rotatable bonds is 2. The Kier molecular flexibility index (Phi) is 2.53. The summed E-state index contributed by atoms with van der Waals surface area (Å²) in [5.41, 5.74) is 1.12. The molecule has 0 amide bonds. The van der Waals surface area contributed by atoms with Crippen molar-refractivity contribution in [3.8, 4) is 5.75 Å². The molecule has 1 N–H and O–H groups in total. The highest BCUT2D eigenvalue weighted by Crippen LogP contribution is 2.34. The fourth-order valence-corrected chi connectivity index (χ4v) is 2.25. The smallest absolute Gasteiger partial charge is 0.159 e. The molecule has 0 bridgehead atoms. The number of aliphatic hydroxyl groups excluding tert-OH is 1. The van der Waals surface area contributed by atoms with Crippen molar-refractivity contribution in [3.63, 3.8) is 0 Å². The SMILES string of the molecule is OCc1nncn1C1CCOc2ccccc21. The zero-order valence-corrected chi connectivity index (χ0v) is 9.28. The molecule has 1 aliphatic heterocycles. The van der Waals surface area contributed by atoms with E-state index in [1.54, 1.807) is 6.33 Å². The van der Waals surface area contributed by atoms with Crippen LogP contribution < -0.4 is 4.74 Å². The summed E-state index contributed by atoms with van der Waals surface area (Å²) in [5, 5.41) is 17.0. The average Bonchev–Trinajstić information content (AvgIpc) is 2.86. The summed E-state index contributed by atoms with van der Waals surface area (Å²) in [5.74, 6) is 1.49. The van der Waals surface area contributed by atoms with E-state index < -0.39 is 0 Å². The van der Waals surface area contributed by atoms with Gasteiger partial charge in [0.15, 0.2) is 5.82 Å². The van der Waals surface area contributed by atoms with Gasteiger partial charge in [-0.15, -0.1) is 10.2 Å². The van der Waals surface area contributed by atoms with Crippen LogP contribution in [-0.2, 0) is 6.61 Å². The van der Waals surface area contributed by atoms with Gasteiger partial charge < -0.3 is 14.4 Å². The molecule has 3 rings (SSSR count). The summed E-state index contributed by atoms with van der Waals surface area (Å²) in [7, 11) is 0. The van der Waals surface area contributed by atoms with E-state index in [1.807, 2.05) is 28.8 Å². The number of fused-ring (bicyclic) bond motifs is 1. The highest BCUT2D eigenvalue weighted by Gasteiger charge is 2.24. The second kappa shape index (κ2) is 4.18. The third-order valence-electron chi connectivity index (χ3n) is 3.05. The second-order valence-corrected chi connectivity index (χ2v) is 4.00. The van der Waals surface area contributed by atoms with Gasteiger partial charge in [-0.25, -0.2) is 0 Å². The fourth-order valence-electron chi connectivity index (χ4n) is 2.25. The number of aromatic nitrogens is 3. The highest BCUT2D eigenvalue weighted by atomic mass is 16.5. The molecule has 2 aromatic rings. The van der Waals surface area contributed by atoms with Gasteiger partial charge >= 0.3 is 0 Å². The average molecular weight is 231 g/mol. The first kappa shape index (κ1) is 10.3. The predicted octanol–water partition coefficient (Wildman–Crippen LogP) is 1.14. The van der Waals surface area contributed by atoms with Crippen LogP contribution in [0, 0.1) is 0 Å². The molecular weight excluding hydrogens is 218 g/mol. The lowest BCUT2D eigenvalue weighted by atomic mass is 10.0. The summed E-state index contributed by atoms with van der Waals surface area (Å²) < 4.78 is 7.53. The first-order chi connectivity index (χ1) is 8.40. The van der Waals surface area contributed by atoms with E-state index in [0.29, 0.717) is 12.4 Å². The maximum Gasteiger partial charge on any atom is 0.159 e. The van der Waals surface area contributed by atoms with Crippen molar-refractivity contribution in [1.29, 1.82) is 0 Å². The lowest BCUT2D eigenvalue weighted by molar-refractivity contribution is 0.236. The maximum absolute atomic E-state index is 9.23. The molecule has 0 radical (unpaired) electrons. The van der Waals surface area contributed by atoms with Gasteiger partial charge in [-0.3, -0.25) is 0 Å². The van der Waals surface area contributed by atoms with Crippen molar-refractivity contribution >= 4 is 0 Å². The molecule has 0 spiro atoms. The maximum atomic E-state index is 9.23. The molecule has 0 saturated heterocycles. The number of nitrogens with zero attached hydrogens (tertiary/aromatic N) is 3. The fraction of sp³-hybridized carbons (Fsp3) is 0.333.